The van der Waals surface area contributed by atoms with Gasteiger partial charge in [0.2, 0.25) is 23.5 Å². The van der Waals surface area contributed by atoms with Crippen molar-refractivity contribution < 1.29 is 33.5 Å². The standard InChI is InChI=1S/C39H57N5O7/c1-8-12-28(32(46)36(48)40-27-15-16-27)41-35(47)30-21-39(20-29(43-51-39)26-17-23(2)33(50-7)24(3)18-26)22-44(30)37(49)34(38(4,5)6)42-31(45)19-25-13-10-9-11-14-25/h17-18,25,27-28,30,34H,8-16,19-22H2,1-7H3,(H,40,48)(H,41,47)(H,42,45)/t28?,30-,34+,39+/m0/s1. The molecule has 1 aromatic rings. The van der Waals surface area contributed by atoms with Crippen molar-refractivity contribution in [1.82, 2.24) is 20.9 Å². The van der Waals surface area contributed by atoms with Crippen molar-refractivity contribution in [2.75, 3.05) is 13.7 Å². The summed E-state index contributed by atoms with van der Waals surface area (Å²) in [5.41, 5.74) is 1.79. The van der Waals surface area contributed by atoms with Crippen LogP contribution in [-0.2, 0) is 28.8 Å². The molecule has 12 heteroatoms. The summed E-state index contributed by atoms with van der Waals surface area (Å²) < 4.78 is 5.55. The van der Waals surface area contributed by atoms with Crippen molar-refractivity contribution in [2.45, 2.75) is 148 Å². The number of benzene rings is 1. The third kappa shape index (κ3) is 9.10. The van der Waals surface area contributed by atoms with Gasteiger partial charge < -0.3 is 30.4 Å². The van der Waals surface area contributed by atoms with Crippen molar-refractivity contribution >= 4 is 35.1 Å². The van der Waals surface area contributed by atoms with Crippen LogP contribution in [0.3, 0.4) is 0 Å². The van der Waals surface area contributed by atoms with E-state index in [1.165, 1.54) is 11.3 Å². The lowest BCUT2D eigenvalue weighted by Gasteiger charge is -2.36. The average molecular weight is 708 g/mol. The molecule has 3 N–H and O–H groups in total. The normalized spacial score (nSPS) is 23.2. The number of hydrogen-bond donors (Lipinski definition) is 3. The Hall–Kier alpha value is -3.96. The molecular formula is C39H57N5O7. The molecule has 5 rings (SSSR count). The van der Waals surface area contributed by atoms with Gasteiger partial charge in [0.15, 0.2) is 5.60 Å². The van der Waals surface area contributed by atoms with Crippen LogP contribution in [0.25, 0.3) is 0 Å². The van der Waals surface area contributed by atoms with E-state index >= 15 is 0 Å². The summed E-state index contributed by atoms with van der Waals surface area (Å²) in [5, 5.41) is 13.1. The lowest BCUT2D eigenvalue weighted by Crippen LogP contribution is -2.59. The van der Waals surface area contributed by atoms with E-state index in [0.29, 0.717) is 30.9 Å². The fourth-order valence-corrected chi connectivity index (χ4v) is 7.88. The first-order valence-corrected chi connectivity index (χ1v) is 18.8. The molecule has 280 valence electrons. The van der Waals surface area contributed by atoms with Crippen LogP contribution >= 0.6 is 0 Å². The molecule has 1 unspecified atom stereocenters. The van der Waals surface area contributed by atoms with Gasteiger partial charge in [0.05, 0.1) is 25.4 Å². The Morgan fingerprint density at radius 3 is 2.27 bits per heavy atom. The Kier molecular flexibility index (Phi) is 11.8. The second-order valence-electron chi connectivity index (χ2n) is 16.4. The predicted molar refractivity (Wildman–Crippen MR) is 193 cm³/mol. The van der Waals surface area contributed by atoms with Gasteiger partial charge in [-0.05, 0) is 80.5 Å². The van der Waals surface area contributed by atoms with Crippen LogP contribution < -0.4 is 20.7 Å². The largest absolute Gasteiger partial charge is 0.496 e. The summed E-state index contributed by atoms with van der Waals surface area (Å²) in [7, 11) is 1.64. The van der Waals surface area contributed by atoms with E-state index < -0.39 is 52.6 Å². The number of ketones is 1. The van der Waals surface area contributed by atoms with Gasteiger partial charge in [-0.1, -0.05) is 58.5 Å². The summed E-state index contributed by atoms with van der Waals surface area (Å²) >= 11 is 0. The molecule has 0 aromatic heterocycles. The Morgan fingerprint density at radius 1 is 1.02 bits per heavy atom. The van der Waals surface area contributed by atoms with Crippen molar-refractivity contribution in [3.63, 3.8) is 0 Å². The van der Waals surface area contributed by atoms with E-state index in [0.717, 1.165) is 61.0 Å². The van der Waals surface area contributed by atoms with Gasteiger partial charge >= 0.3 is 0 Å². The van der Waals surface area contributed by atoms with Crippen LogP contribution in [0.4, 0.5) is 0 Å². The maximum absolute atomic E-state index is 14.7. The number of methoxy groups -OCH3 is 1. The van der Waals surface area contributed by atoms with Crippen LogP contribution in [0.5, 0.6) is 5.75 Å². The fourth-order valence-electron chi connectivity index (χ4n) is 7.88. The Labute approximate surface area is 302 Å². The topological polar surface area (TPSA) is 156 Å². The number of ether oxygens (including phenoxy) is 1. The number of oxime groups is 1. The van der Waals surface area contributed by atoms with Gasteiger partial charge in [-0.2, -0.15) is 0 Å². The third-order valence-electron chi connectivity index (χ3n) is 10.8. The smallest absolute Gasteiger partial charge is 0.289 e. The van der Waals surface area contributed by atoms with E-state index in [4.69, 9.17) is 9.57 Å². The fraction of sp³-hybridized carbons (Fsp3) is 0.692. The van der Waals surface area contributed by atoms with E-state index in [9.17, 15) is 24.0 Å². The van der Waals surface area contributed by atoms with E-state index in [1.807, 2.05) is 53.7 Å². The molecule has 4 atom stereocenters. The monoisotopic (exact) mass is 707 g/mol. The Morgan fingerprint density at radius 2 is 1.69 bits per heavy atom. The molecule has 1 spiro atoms. The van der Waals surface area contributed by atoms with Gasteiger partial charge in [-0.15, -0.1) is 0 Å². The van der Waals surface area contributed by atoms with Gasteiger partial charge in [0.25, 0.3) is 5.91 Å². The maximum atomic E-state index is 14.7. The van der Waals surface area contributed by atoms with Crippen LogP contribution in [0, 0.1) is 25.2 Å². The van der Waals surface area contributed by atoms with Gasteiger partial charge in [-0.3, -0.25) is 24.0 Å². The molecule has 4 amide bonds. The summed E-state index contributed by atoms with van der Waals surface area (Å²) in [4.78, 5) is 75.9. The van der Waals surface area contributed by atoms with Crippen LogP contribution in [0.15, 0.2) is 17.3 Å². The second-order valence-corrected chi connectivity index (χ2v) is 16.4. The number of likely N-dealkylation sites (tertiary alicyclic amines) is 1. The molecular weight excluding hydrogens is 650 g/mol. The van der Waals surface area contributed by atoms with Crippen LogP contribution in [0.1, 0.15) is 121 Å². The number of carbonyl (C=O) groups excluding carboxylic acids is 5. The summed E-state index contributed by atoms with van der Waals surface area (Å²) in [6.07, 6.45) is 8.73. The highest BCUT2D eigenvalue weighted by molar-refractivity contribution is 6.38. The lowest BCUT2D eigenvalue weighted by molar-refractivity contribution is -0.145. The predicted octanol–water partition coefficient (Wildman–Crippen LogP) is 4.41. The number of nitrogens with zero attached hydrogens (tertiary/aromatic N) is 2. The highest BCUT2D eigenvalue weighted by Crippen LogP contribution is 2.41. The maximum Gasteiger partial charge on any atom is 0.289 e. The van der Waals surface area contributed by atoms with Crippen molar-refractivity contribution in [3.8, 4) is 5.75 Å². The molecule has 51 heavy (non-hydrogen) atoms. The van der Waals surface area contributed by atoms with Crippen molar-refractivity contribution in [1.29, 1.82) is 0 Å². The number of amides is 4. The van der Waals surface area contributed by atoms with Gasteiger partial charge in [0, 0.05) is 30.9 Å². The molecule has 0 radical (unpaired) electrons. The van der Waals surface area contributed by atoms with Gasteiger partial charge in [-0.25, -0.2) is 0 Å². The van der Waals surface area contributed by atoms with Crippen molar-refractivity contribution in [3.05, 3.63) is 28.8 Å². The molecule has 1 aromatic carbocycles. The van der Waals surface area contributed by atoms with Crippen LogP contribution in [0.2, 0.25) is 0 Å². The minimum atomic E-state index is -1.04. The zero-order chi connectivity index (χ0) is 37.1. The van der Waals surface area contributed by atoms with E-state index in [2.05, 4.69) is 21.1 Å². The second kappa shape index (κ2) is 15.7. The number of aryl methyl sites for hydroxylation is 2. The summed E-state index contributed by atoms with van der Waals surface area (Å²) in [6, 6.07) is 0.998. The first-order valence-electron chi connectivity index (χ1n) is 18.8. The van der Waals surface area contributed by atoms with Crippen molar-refractivity contribution in [2.24, 2.45) is 16.5 Å². The van der Waals surface area contributed by atoms with Crippen LogP contribution in [-0.4, -0.2) is 83.4 Å². The SMILES string of the molecule is CCCC(NC(=O)[C@@H]1C[C@]2(CC(c3cc(C)c(OC)c(C)c3)=NO2)CN1C(=O)[C@@H](NC(=O)CC1CCCCC1)C(C)(C)C)C(=O)C(=O)NC1CC1. The number of Topliss-reactive ketones (excluding diaryl/α,β-unsaturated/α-hetero) is 1. The molecule has 2 aliphatic heterocycles. The first kappa shape index (κ1) is 38.3. The Bertz CT molecular complexity index is 1520. The molecule has 2 aliphatic carbocycles. The minimum absolute atomic E-state index is 0.00289. The average Bonchev–Trinajstić information content (AvgIpc) is 3.67. The van der Waals surface area contributed by atoms with E-state index in [-0.39, 0.29) is 31.3 Å². The third-order valence-corrected chi connectivity index (χ3v) is 10.8. The number of hydrogen-bond acceptors (Lipinski definition) is 8. The molecule has 2 heterocycles. The molecule has 1 saturated heterocycles. The highest BCUT2D eigenvalue weighted by Gasteiger charge is 2.55. The van der Waals surface area contributed by atoms with E-state index in [1.54, 1.807) is 7.11 Å². The van der Waals surface area contributed by atoms with Gasteiger partial charge in [0.1, 0.15) is 17.8 Å². The summed E-state index contributed by atoms with van der Waals surface area (Å²) in [5.74, 6) is -1.42. The molecule has 2 saturated carbocycles. The molecule has 4 aliphatic rings. The lowest BCUT2D eigenvalue weighted by atomic mass is 9.84. The molecule has 3 fully saturated rings. The summed E-state index contributed by atoms with van der Waals surface area (Å²) in [6.45, 7) is 11.6. The molecule has 0 bridgehead atoms. The zero-order valence-corrected chi connectivity index (χ0v) is 31.5. The number of rotatable bonds is 13. The molecule has 12 nitrogen and oxygen atoms in total. The number of carbonyl (C=O) groups is 5. The quantitative estimate of drug-likeness (QED) is 0.257. The zero-order valence-electron chi connectivity index (χ0n) is 31.5. The Balaban J connectivity index is 1.40. The first-order chi connectivity index (χ1) is 24.1. The number of nitrogens with one attached hydrogen (secondary N) is 3. The highest BCUT2D eigenvalue weighted by atomic mass is 16.7. The minimum Gasteiger partial charge on any atom is -0.496 e.